The summed E-state index contributed by atoms with van der Waals surface area (Å²) in [7, 11) is 1.36. The largest absolute Gasteiger partial charge is 0.468 e. The normalized spacial score (nSPS) is 13.2. The van der Waals surface area contributed by atoms with Gasteiger partial charge in [0.1, 0.15) is 12.1 Å². The van der Waals surface area contributed by atoms with Crippen LogP contribution >= 0.6 is 0 Å². The van der Waals surface area contributed by atoms with Crippen molar-refractivity contribution in [3.63, 3.8) is 0 Å². The summed E-state index contributed by atoms with van der Waals surface area (Å²) in [6.07, 6.45) is 2.94. The quantitative estimate of drug-likeness (QED) is 0.394. The maximum atomic E-state index is 13.2. The topological polar surface area (TPSA) is 67.4 Å². The number of benzene rings is 1. The summed E-state index contributed by atoms with van der Waals surface area (Å²) < 4.78 is 4.95. The van der Waals surface area contributed by atoms with Gasteiger partial charge >= 0.3 is 5.97 Å². The van der Waals surface area contributed by atoms with Crippen LogP contribution in [0.2, 0.25) is 0 Å². The number of amides is 1. The first-order chi connectivity index (χ1) is 13.6. The Kier molecular flexibility index (Phi) is 9.91. The Balaban J connectivity index is 3.35. The second-order valence-electron chi connectivity index (χ2n) is 8.58. The van der Waals surface area contributed by atoms with E-state index in [9.17, 15) is 9.59 Å². The van der Waals surface area contributed by atoms with Crippen LogP contribution in [0.15, 0.2) is 24.3 Å². The molecule has 0 heterocycles. The number of unbranched alkanes of at least 4 members (excludes halogenated alkanes) is 2. The van der Waals surface area contributed by atoms with E-state index in [0.717, 1.165) is 30.4 Å². The Morgan fingerprint density at radius 3 is 2.38 bits per heavy atom. The molecule has 1 aromatic rings. The van der Waals surface area contributed by atoms with Gasteiger partial charge in [-0.25, -0.2) is 0 Å². The molecule has 0 bridgehead atoms. The number of carbonyl (C=O) groups excluding carboxylic acids is 2. The van der Waals surface area contributed by atoms with E-state index in [2.05, 4.69) is 29.4 Å². The van der Waals surface area contributed by atoms with E-state index < -0.39 is 17.6 Å². The number of hydrogen-bond donors (Lipinski definition) is 2. The van der Waals surface area contributed by atoms with Gasteiger partial charge in [0.2, 0.25) is 5.91 Å². The lowest BCUT2D eigenvalue weighted by Crippen LogP contribution is -2.51. The number of hydrogen-bond acceptors (Lipinski definition) is 4. The van der Waals surface area contributed by atoms with Crippen LogP contribution in [0.25, 0.3) is 0 Å². The minimum absolute atomic E-state index is 0.0461. The average molecular weight is 401 g/mol. The zero-order valence-corrected chi connectivity index (χ0v) is 18.9. The van der Waals surface area contributed by atoms with Crippen LogP contribution in [-0.2, 0) is 14.3 Å². The summed E-state index contributed by atoms with van der Waals surface area (Å²) in [5.74, 6) is 5.77. The highest BCUT2D eigenvalue weighted by molar-refractivity contribution is 5.86. The summed E-state index contributed by atoms with van der Waals surface area (Å²) in [5, 5.41) is 6.25. The van der Waals surface area contributed by atoms with Crippen molar-refractivity contribution in [1.82, 2.24) is 10.6 Å². The van der Waals surface area contributed by atoms with Gasteiger partial charge in [-0.15, -0.1) is 0 Å². The first-order valence-electron chi connectivity index (χ1n) is 10.3. The highest BCUT2D eigenvalue weighted by atomic mass is 16.5. The number of carbonyl (C=O) groups is 2. The van der Waals surface area contributed by atoms with Crippen molar-refractivity contribution in [3.05, 3.63) is 35.4 Å². The number of rotatable bonds is 8. The molecule has 0 aliphatic carbocycles. The van der Waals surface area contributed by atoms with E-state index in [-0.39, 0.29) is 17.8 Å². The fourth-order valence-corrected chi connectivity index (χ4v) is 2.87. The molecule has 1 aromatic carbocycles. The monoisotopic (exact) mass is 400 g/mol. The summed E-state index contributed by atoms with van der Waals surface area (Å²) in [6, 6.07) is 6.25. The SMILES string of the molecule is CCCCC#Cc1ccccc1C(N[C@H](C(=O)OC)C(C)C)C(=O)NC(C)(C)C. The predicted octanol–water partition coefficient (Wildman–Crippen LogP) is 3.97. The molecule has 5 nitrogen and oxygen atoms in total. The lowest BCUT2D eigenvalue weighted by Gasteiger charge is -2.30. The van der Waals surface area contributed by atoms with E-state index in [1.165, 1.54) is 7.11 Å². The molecular formula is C24H36N2O3. The highest BCUT2D eigenvalue weighted by Crippen LogP contribution is 2.21. The van der Waals surface area contributed by atoms with Crippen molar-refractivity contribution in [2.24, 2.45) is 5.92 Å². The maximum Gasteiger partial charge on any atom is 0.323 e. The van der Waals surface area contributed by atoms with Crippen molar-refractivity contribution >= 4 is 11.9 Å². The minimum Gasteiger partial charge on any atom is -0.468 e. The molecule has 0 aliphatic rings. The van der Waals surface area contributed by atoms with Crippen molar-refractivity contribution in [3.8, 4) is 11.8 Å². The van der Waals surface area contributed by atoms with E-state index in [1.54, 1.807) is 0 Å². The number of esters is 1. The molecule has 0 fully saturated rings. The van der Waals surface area contributed by atoms with Crippen LogP contribution in [0, 0.1) is 17.8 Å². The van der Waals surface area contributed by atoms with Gasteiger partial charge < -0.3 is 10.1 Å². The lowest BCUT2D eigenvalue weighted by atomic mass is 9.95. The molecule has 0 radical (unpaired) electrons. The first kappa shape index (κ1) is 24.7. The van der Waals surface area contributed by atoms with Gasteiger partial charge in [-0.05, 0) is 44.7 Å². The molecule has 1 unspecified atom stereocenters. The van der Waals surface area contributed by atoms with Crippen molar-refractivity contribution < 1.29 is 14.3 Å². The van der Waals surface area contributed by atoms with Crippen molar-refractivity contribution in [2.75, 3.05) is 7.11 Å². The van der Waals surface area contributed by atoms with Gasteiger partial charge in [0.25, 0.3) is 0 Å². The Morgan fingerprint density at radius 1 is 1.17 bits per heavy atom. The van der Waals surface area contributed by atoms with E-state index in [0.29, 0.717) is 0 Å². The third-order valence-corrected chi connectivity index (χ3v) is 4.38. The Morgan fingerprint density at radius 2 is 1.83 bits per heavy atom. The molecule has 0 aromatic heterocycles. The molecular weight excluding hydrogens is 364 g/mol. The van der Waals surface area contributed by atoms with Crippen LogP contribution in [0.4, 0.5) is 0 Å². The van der Waals surface area contributed by atoms with Crippen LogP contribution in [0.3, 0.4) is 0 Å². The second-order valence-corrected chi connectivity index (χ2v) is 8.58. The van der Waals surface area contributed by atoms with Gasteiger partial charge in [0.05, 0.1) is 7.11 Å². The van der Waals surface area contributed by atoms with Crippen molar-refractivity contribution in [1.29, 1.82) is 0 Å². The average Bonchev–Trinajstić information content (AvgIpc) is 2.64. The third-order valence-electron chi connectivity index (χ3n) is 4.38. The van der Waals surface area contributed by atoms with Gasteiger partial charge in [-0.2, -0.15) is 0 Å². The van der Waals surface area contributed by atoms with Gasteiger partial charge in [0.15, 0.2) is 0 Å². The summed E-state index contributed by atoms with van der Waals surface area (Å²) in [5.41, 5.74) is 1.14. The molecule has 0 saturated carbocycles. The number of ether oxygens (including phenoxy) is 1. The zero-order chi connectivity index (χ0) is 22.0. The van der Waals surface area contributed by atoms with Gasteiger partial charge in [0, 0.05) is 17.5 Å². The molecule has 29 heavy (non-hydrogen) atoms. The fourth-order valence-electron chi connectivity index (χ4n) is 2.87. The molecule has 160 valence electrons. The summed E-state index contributed by atoms with van der Waals surface area (Å²) >= 11 is 0. The van der Waals surface area contributed by atoms with Crippen LogP contribution in [0.5, 0.6) is 0 Å². The van der Waals surface area contributed by atoms with E-state index in [1.807, 2.05) is 58.9 Å². The Hall–Kier alpha value is -2.32. The van der Waals surface area contributed by atoms with Crippen molar-refractivity contribution in [2.45, 2.75) is 78.4 Å². The molecule has 5 heteroatoms. The Labute approximate surface area is 176 Å². The third kappa shape index (κ3) is 8.29. The van der Waals surface area contributed by atoms with Crippen LogP contribution in [-0.4, -0.2) is 30.6 Å². The number of methoxy groups -OCH3 is 1. The number of nitrogens with one attached hydrogen (secondary N) is 2. The van der Waals surface area contributed by atoms with Gasteiger partial charge in [-0.3, -0.25) is 14.9 Å². The van der Waals surface area contributed by atoms with Crippen LogP contribution in [0.1, 0.15) is 78.0 Å². The molecule has 0 saturated heterocycles. The second kappa shape index (κ2) is 11.6. The highest BCUT2D eigenvalue weighted by Gasteiger charge is 2.32. The van der Waals surface area contributed by atoms with Gasteiger partial charge in [-0.1, -0.05) is 57.2 Å². The zero-order valence-electron chi connectivity index (χ0n) is 18.9. The smallest absolute Gasteiger partial charge is 0.323 e. The Bertz CT molecular complexity index is 738. The first-order valence-corrected chi connectivity index (χ1v) is 10.3. The summed E-state index contributed by atoms with van der Waals surface area (Å²) in [6.45, 7) is 11.8. The lowest BCUT2D eigenvalue weighted by molar-refractivity contribution is -0.144. The van der Waals surface area contributed by atoms with Crippen LogP contribution < -0.4 is 10.6 Å². The molecule has 1 rings (SSSR count). The predicted molar refractivity (Wildman–Crippen MR) is 117 cm³/mol. The fraction of sp³-hybridized carbons (Fsp3) is 0.583. The molecule has 1 amide bonds. The maximum absolute atomic E-state index is 13.2. The van der Waals surface area contributed by atoms with E-state index in [4.69, 9.17) is 4.74 Å². The minimum atomic E-state index is -0.725. The van der Waals surface area contributed by atoms with E-state index >= 15 is 0 Å². The molecule has 2 N–H and O–H groups in total. The molecule has 0 spiro atoms. The summed E-state index contributed by atoms with van der Waals surface area (Å²) in [4.78, 5) is 25.5. The molecule has 0 aliphatic heterocycles. The standard InChI is InChI=1S/C24H36N2O3/c1-8-9-10-11-14-18-15-12-13-16-19(18)21(22(27)26-24(4,5)6)25-20(17(2)3)23(28)29-7/h12-13,15-17,20-21,25H,8-10H2,1-7H3,(H,26,27)/t20-,21?/m0/s1. The molecule has 2 atom stereocenters.